The van der Waals surface area contributed by atoms with Gasteiger partial charge in [-0.05, 0) is 140 Å². The van der Waals surface area contributed by atoms with E-state index in [9.17, 15) is 8.78 Å². The summed E-state index contributed by atoms with van der Waals surface area (Å²) in [7, 11) is 2.18. The van der Waals surface area contributed by atoms with Crippen molar-refractivity contribution in [1.82, 2.24) is 29.2 Å². The number of nitrogen functional groups attached to an aromatic ring is 1. The Balaban J connectivity index is 0.000000464. The molecule has 12 heteroatoms. The lowest BCUT2D eigenvalue weighted by Gasteiger charge is -2.27. The van der Waals surface area contributed by atoms with Crippen LogP contribution in [0, 0.1) is 23.1 Å². The molecular formula is C51H68F2N10. The van der Waals surface area contributed by atoms with Crippen LogP contribution in [-0.4, -0.2) is 74.9 Å². The van der Waals surface area contributed by atoms with Crippen LogP contribution < -0.4 is 11.5 Å². The lowest BCUT2D eigenvalue weighted by Crippen LogP contribution is -2.29. The number of nitrogens with one attached hydrogen (secondary N) is 1. The summed E-state index contributed by atoms with van der Waals surface area (Å²) < 4.78 is 28.5. The van der Waals surface area contributed by atoms with Crippen LogP contribution in [0.2, 0.25) is 0 Å². The number of fused-ring (bicyclic) bond motifs is 1. The Hall–Kier alpha value is -6.27. The molecule has 0 fully saturated rings. The molecule has 4 heterocycles. The number of imidazole rings is 1. The summed E-state index contributed by atoms with van der Waals surface area (Å²) in [5, 5.41) is 6.33. The van der Waals surface area contributed by atoms with Crippen molar-refractivity contribution >= 4 is 24.1 Å². The molecule has 4 aromatic rings. The molecule has 3 aromatic heterocycles. The second-order valence-corrected chi connectivity index (χ2v) is 15.3. The first-order valence-corrected chi connectivity index (χ1v) is 21.9. The highest BCUT2D eigenvalue weighted by Crippen LogP contribution is 2.33. The standard InChI is InChI=1S/C34H40FN9.C12H15F.C3H7N.C2H6/c1-4-25(21-42(3)22-27-12-16-43(24(2)19-27)18-15-38-23-36)5-6-26-13-17-44-31(20-26)41-32(28-7-9-29(35)10-8-28)33(44)30-11-14-39-34(37)40-30;1-9(2)10(3)11-5-4-6-12(13)8-7-11;1-2-3-4;1-2/h7-14,16-17,19-20,23,25H,2,4-6,15,18,21-22H2,1,3H3,(H2,36,38)(H2,37,39,40);5-9H,3-4H2,1-2H3;3-4H,2H2,1H3;1-2H3. The summed E-state index contributed by atoms with van der Waals surface area (Å²) in [6.07, 6.45) is 24.2. The molecule has 0 saturated heterocycles. The smallest absolute Gasteiger partial charge is 0.220 e. The number of aryl methyl sites for hydroxylation is 1. The van der Waals surface area contributed by atoms with E-state index in [4.69, 9.17) is 21.9 Å². The molecule has 63 heavy (non-hydrogen) atoms. The van der Waals surface area contributed by atoms with Gasteiger partial charge >= 0.3 is 0 Å². The highest BCUT2D eigenvalue weighted by molar-refractivity contribution is 5.80. The topological polar surface area (TPSA) is 138 Å². The van der Waals surface area contributed by atoms with E-state index in [0.717, 1.165) is 79.1 Å². The van der Waals surface area contributed by atoms with Crippen LogP contribution in [-0.2, 0) is 6.42 Å². The Labute approximate surface area is 374 Å². The Kier molecular flexibility index (Phi) is 21.8. The second-order valence-electron chi connectivity index (χ2n) is 15.3. The van der Waals surface area contributed by atoms with Gasteiger partial charge in [-0.15, -0.1) is 0 Å². The number of rotatable bonds is 16. The number of halogens is 2. The van der Waals surface area contributed by atoms with E-state index in [1.54, 1.807) is 30.5 Å². The zero-order chi connectivity index (χ0) is 46.3. The maximum atomic E-state index is 13.7. The number of hydrogen-bond donors (Lipinski definition) is 3. The van der Waals surface area contributed by atoms with Crippen molar-refractivity contribution in [1.29, 1.82) is 5.41 Å². The largest absolute Gasteiger partial charge is 0.390 e. The van der Waals surface area contributed by atoms with Crippen LogP contribution >= 0.6 is 0 Å². The van der Waals surface area contributed by atoms with Gasteiger partial charge in [-0.1, -0.05) is 73.3 Å². The molecule has 1 unspecified atom stereocenters. The van der Waals surface area contributed by atoms with Gasteiger partial charge in [0.25, 0.3) is 0 Å². The molecule has 1 atom stereocenters. The average Bonchev–Trinajstić information content (AvgIpc) is 3.53. The normalized spacial score (nSPS) is 13.9. The van der Waals surface area contributed by atoms with Crippen molar-refractivity contribution in [2.75, 3.05) is 39.0 Å². The highest BCUT2D eigenvalue weighted by Gasteiger charge is 2.19. The number of benzene rings is 1. The number of aliphatic imine (C=N–C) groups is 1. The van der Waals surface area contributed by atoms with Crippen LogP contribution in [0.15, 0.2) is 144 Å². The molecule has 6 rings (SSSR count). The fourth-order valence-electron chi connectivity index (χ4n) is 6.77. The van der Waals surface area contributed by atoms with Crippen LogP contribution in [0.5, 0.6) is 0 Å². The molecule has 10 nitrogen and oxygen atoms in total. The number of pyridine rings is 1. The minimum absolute atomic E-state index is 0.164. The van der Waals surface area contributed by atoms with E-state index < -0.39 is 0 Å². The van der Waals surface area contributed by atoms with Gasteiger partial charge in [0.1, 0.15) is 17.3 Å². The molecule has 1 aliphatic carbocycles. The first kappa shape index (κ1) is 51.1. The van der Waals surface area contributed by atoms with Gasteiger partial charge < -0.3 is 26.7 Å². The van der Waals surface area contributed by atoms with Gasteiger partial charge in [0.15, 0.2) is 0 Å². The Bertz CT molecular complexity index is 2280. The van der Waals surface area contributed by atoms with E-state index >= 15 is 0 Å². The van der Waals surface area contributed by atoms with Gasteiger partial charge in [-0.3, -0.25) is 9.39 Å². The first-order chi connectivity index (χ1) is 30.4. The van der Waals surface area contributed by atoms with Crippen molar-refractivity contribution < 1.29 is 8.78 Å². The Morgan fingerprint density at radius 2 is 1.78 bits per heavy atom. The van der Waals surface area contributed by atoms with Crippen molar-refractivity contribution in [2.45, 2.75) is 73.6 Å². The molecule has 0 amide bonds. The van der Waals surface area contributed by atoms with E-state index in [-0.39, 0.29) is 17.6 Å². The lowest BCUT2D eigenvalue weighted by molar-refractivity contribution is 0.280. The number of nitrogens with two attached hydrogens (primary N) is 2. The van der Waals surface area contributed by atoms with Crippen LogP contribution in [0.25, 0.3) is 28.3 Å². The van der Waals surface area contributed by atoms with Crippen LogP contribution in [0.4, 0.5) is 14.7 Å². The molecule has 1 aromatic carbocycles. The fraction of sp³-hybridized carbons (Fsp3) is 0.353. The van der Waals surface area contributed by atoms with Crippen LogP contribution in [0.3, 0.4) is 0 Å². The number of allylic oxidation sites excluding steroid dienone is 8. The minimum Gasteiger partial charge on any atom is -0.390 e. The molecule has 5 N–H and O–H groups in total. The maximum Gasteiger partial charge on any atom is 0.220 e. The SMILES string of the molecule is C=C(C1=CCC=C(F)C=C1)C(C)C.C=C1C=C(CN(C)CC(CC)CCc2ccn3c(-c4ccnc(N)n4)c(-c4ccc(F)cc4)nc3c2)C=CN1CCN=CN.CC.CCC=N. The Morgan fingerprint density at radius 3 is 2.41 bits per heavy atom. The Morgan fingerprint density at radius 1 is 1.05 bits per heavy atom. The molecule has 336 valence electrons. The summed E-state index contributed by atoms with van der Waals surface area (Å²) in [5.41, 5.74) is 20.6. The molecule has 0 saturated carbocycles. The summed E-state index contributed by atoms with van der Waals surface area (Å²) in [4.78, 5) is 22.0. The minimum atomic E-state index is -0.294. The predicted molar refractivity (Wildman–Crippen MR) is 262 cm³/mol. The number of aromatic nitrogens is 4. The van der Waals surface area contributed by atoms with Gasteiger partial charge in [0, 0.05) is 49.5 Å². The van der Waals surface area contributed by atoms with Crippen molar-refractivity contribution in [2.24, 2.45) is 22.6 Å². The number of likely N-dealkylation sites (N-methyl/N-ethyl adjacent to an activating group) is 1. The summed E-state index contributed by atoms with van der Waals surface area (Å²) in [6, 6.07) is 12.4. The predicted octanol–water partition coefficient (Wildman–Crippen LogP) is 11.3. The molecular weight excluding hydrogens is 791 g/mol. The molecule has 0 spiro atoms. The van der Waals surface area contributed by atoms with E-state index in [2.05, 4.69) is 96.2 Å². The van der Waals surface area contributed by atoms with E-state index in [1.807, 2.05) is 43.5 Å². The van der Waals surface area contributed by atoms with Gasteiger partial charge in [-0.2, -0.15) is 0 Å². The molecule has 1 aliphatic heterocycles. The maximum absolute atomic E-state index is 13.7. The summed E-state index contributed by atoms with van der Waals surface area (Å²) in [5.74, 6) is 0.690. The third-order valence-corrected chi connectivity index (χ3v) is 10.3. The monoisotopic (exact) mass is 859 g/mol. The number of hydrogen-bond acceptors (Lipinski definition) is 8. The van der Waals surface area contributed by atoms with Gasteiger partial charge in [0.05, 0.1) is 30.0 Å². The molecule has 0 radical (unpaired) electrons. The fourth-order valence-corrected chi connectivity index (χ4v) is 6.77. The lowest BCUT2D eigenvalue weighted by atomic mass is 9.96. The van der Waals surface area contributed by atoms with Gasteiger partial charge in [-0.25, -0.2) is 23.7 Å². The number of anilines is 1. The first-order valence-electron chi connectivity index (χ1n) is 21.9. The number of nitrogens with zero attached hydrogens (tertiary/aromatic N) is 7. The summed E-state index contributed by atoms with van der Waals surface area (Å²) >= 11 is 0. The quantitative estimate of drug-likeness (QED) is 0.0753. The van der Waals surface area contributed by atoms with Crippen LogP contribution in [0.1, 0.15) is 72.8 Å². The van der Waals surface area contributed by atoms with E-state index in [1.165, 1.54) is 41.9 Å². The zero-order valence-electron chi connectivity index (χ0n) is 38.4. The third kappa shape index (κ3) is 16.2. The van der Waals surface area contributed by atoms with E-state index in [0.29, 0.717) is 36.2 Å². The third-order valence-electron chi connectivity index (χ3n) is 10.3. The molecule has 0 bridgehead atoms. The second kappa shape index (κ2) is 26.9. The van der Waals surface area contributed by atoms with Crippen molar-refractivity contribution in [3.05, 3.63) is 150 Å². The van der Waals surface area contributed by atoms with Crippen molar-refractivity contribution in [3.8, 4) is 22.6 Å². The summed E-state index contributed by atoms with van der Waals surface area (Å²) in [6.45, 7) is 23.8. The van der Waals surface area contributed by atoms with Crippen molar-refractivity contribution in [3.63, 3.8) is 0 Å². The average molecular weight is 859 g/mol. The van der Waals surface area contributed by atoms with Gasteiger partial charge in [0.2, 0.25) is 5.95 Å². The molecule has 2 aliphatic rings. The highest BCUT2D eigenvalue weighted by atomic mass is 19.1. The zero-order valence-corrected chi connectivity index (χ0v) is 38.4.